The Kier molecular flexibility index (Phi) is 5.20. The number of hydrogen-bond donors (Lipinski definition) is 0. The molecule has 0 N–H and O–H groups in total. The molecular formula is C14H25NO. The van der Waals surface area contributed by atoms with Crippen molar-refractivity contribution in [1.82, 2.24) is 4.90 Å². The molecule has 1 unspecified atom stereocenters. The summed E-state index contributed by atoms with van der Waals surface area (Å²) in [5.74, 6) is 0.386. The molecule has 1 aliphatic rings. The van der Waals surface area contributed by atoms with E-state index in [0.717, 1.165) is 25.9 Å². The monoisotopic (exact) mass is 223 g/mol. The second-order valence-electron chi connectivity index (χ2n) is 4.93. The summed E-state index contributed by atoms with van der Waals surface area (Å²) in [7, 11) is 0. The van der Waals surface area contributed by atoms with Crippen molar-refractivity contribution in [3.8, 4) is 0 Å². The zero-order valence-electron chi connectivity index (χ0n) is 10.8. The highest BCUT2D eigenvalue weighted by Crippen LogP contribution is 2.26. The van der Waals surface area contributed by atoms with Gasteiger partial charge >= 0.3 is 0 Å². The van der Waals surface area contributed by atoms with E-state index in [0.29, 0.717) is 12.2 Å². The summed E-state index contributed by atoms with van der Waals surface area (Å²) in [6, 6.07) is 0. The zero-order chi connectivity index (χ0) is 12.0. The lowest BCUT2D eigenvalue weighted by Crippen LogP contribution is -2.53. The highest BCUT2D eigenvalue weighted by atomic mass is 16.1. The van der Waals surface area contributed by atoms with E-state index < -0.39 is 0 Å². The van der Waals surface area contributed by atoms with E-state index in [4.69, 9.17) is 0 Å². The molecule has 1 fully saturated rings. The van der Waals surface area contributed by atoms with Crippen molar-refractivity contribution >= 4 is 5.78 Å². The minimum Gasteiger partial charge on any atom is -0.298 e. The Balaban J connectivity index is 2.66. The molecule has 0 aromatic heterocycles. The highest BCUT2D eigenvalue weighted by molar-refractivity contribution is 5.88. The van der Waals surface area contributed by atoms with Crippen LogP contribution in [-0.2, 0) is 4.79 Å². The Morgan fingerprint density at radius 2 is 2.00 bits per heavy atom. The number of nitrogens with zero attached hydrogens (tertiary/aromatic N) is 1. The molecule has 1 heterocycles. The Bertz CT molecular complexity index is 243. The second-order valence-corrected chi connectivity index (χ2v) is 4.93. The Morgan fingerprint density at radius 3 is 2.50 bits per heavy atom. The molecule has 0 aromatic carbocycles. The number of carbonyl (C=O) groups is 1. The van der Waals surface area contributed by atoms with Gasteiger partial charge < -0.3 is 0 Å². The lowest BCUT2D eigenvalue weighted by molar-refractivity contribution is -0.131. The van der Waals surface area contributed by atoms with Gasteiger partial charge in [-0.15, -0.1) is 6.58 Å². The number of likely N-dealkylation sites (tertiary alicyclic amines) is 1. The first-order valence-corrected chi connectivity index (χ1v) is 6.54. The van der Waals surface area contributed by atoms with Crippen LogP contribution in [0.25, 0.3) is 0 Å². The van der Waals surface area contributed by atoms with Crippen LogP contribution in [0.5, 0.6) is 0 Å². The van der Waals surface area contributed by atoms with Crippen LogP contribution >= 0.6 is 0 Å². The Morgan fingerprint density at radius 1 is 1.38 bits per heavy atom. The zero-order valence-corrected chi connectivity index (χ0v) is 10.8. The maximum absolute atomic E-state index is 12.3. The SMILES string of the molecule is C=CCCC(=O)C(C)(CC)N1CCCCC1. The maximum Gasteiger partial charge on any atom is 0.153 e. The van der Waals surface area contributed by atoms with Gasteiger partial charge in [-0.05, 0) is 45.7 Å². The number of Topliss-reactive ketones (excluding diaryl/α,β-unsaturated/α-hetero) is 1. The first kappa shape index (κ1) is 13.4. The molecule has 92 valence electrons. The second kappa shape index (κ2) is 6.19. The number of allylic oxidation sites excluding steroid dienone is 1. The predicted octanol–water partition coefficient (Wildman–Crippen LogP) is 3.18. The average Bonchev–Trinajstić information content (AvgIpc) is 2.35. The molecular weight excluding hydrogens is 198 g/mol. The molecule has 2 nitrogen and oxygen atoms in total. The topological polar surface area (TPSA) is 20.3 Å². The molecule has 0 aromatic rings. The number of rotatable bonds is 6. The van der Waals surface area contributed by atoms with E-state index in [1.807, 2.05) is 6.08 Å². The summed E-state index contributed by atoms with van der Waals surface area (Å²) in [6.45, 7) is 10.1. The fourth-order valence-corrected chi connectivity index (χ4v) is 2.49. The van der Waals surface area contributed by atoms with Crippen molar-refractivity contribution in [3.05, 3.63) is 12.7 Å². The molecule has 1 aliphatic heterocycles. The minimum atomic E-state index is -0.233. The molecule has 1 rings (SSSR count). The highest BCUT2D eigenvalue weighted by Gasteiger charge is 2.36. The largest absolute Gasteiger partial charge is 0.298 e. The van der Waals surface area contributed by atoms with Gasteiger partial charge in [-0.25, -0.2) is 0 Å². The van der Waals surface area contributed by atoms with Gasteiger partial charge in [0.15, 0.2) is 5.78 Å². The Hall–Kier alpha value is -0.630. The quantitative estimate of drug-likeness (QED) is 0.645. The first-order valence-electron chi connectivity index (χ1n) is 6.54. The van der Waals surface area contributed by atoms with Crippen LogP contribution in [0.4, 0.5) is 0 Å². The molecule has 0 radical (unpaired) electrons. The predicted molar refractivity (Wildman–Crippen MR) is 68.6 cm³/mol. The summed E-state index contributed by atoms with van der Waals surface area (Å²) in [5.41, 5.74) is -0.233. The average molecular weight is 223 g/mol. The fraction of sp³-hybridized carbons (Fsp3) is 0.786. The molecule has 16 heavy (non-hydrogen) atoms. The fourth-order valence-electron chi connectivity index (χ4n) is 2.49. The van der Waals surface area contributed by atoms with Gasteiger partial charge in [0, 0.05) is 6.42 Å². The van der Waals surface area contributed by atoms with Gasteiger partial charge in [0.25, 0.3) is 0 Å². The smallest absolute Gasteiger partial charge is 0.153 e. The van der Waals surface area contributed by atoms with Crippen LogP contribution in [-0.4, -0.2) is 29.3 Å². The van der Waals surface area contributed by atoms with E-state index in [-0.39, 0.29) is 5.54 Å². The molecule has 1 saturated heterocycles. The summed E-state index contributed by atoms with van der Waals surface area (Å²) in [5, 5.41) is 0. The van der Waals surface area contributed by atoms with Gasteiger partial charge in [0.2, 0.25) is 0 Å². The van der Waals surface area contributed by atoms with Gasteiger partial charge in [0.05, 0.1) is 5.54 Å². The maximum atomic E-state index is 12.3. The summed E-state index contributed by atoms with van der Waals surface area (Å²) in [6.07, 6.45) is 8.01. The van der Waals surface area contributed by atoms with E-state index >= 15 is 0 Å². The van der Waals surface area contributed by atoms with Crippen molar-refractivity contribution in [1.29, 1.82) is 0 Å². The molecule has 1 atom stereocenters. The van der Waals surface area contributed by atoms with E-state index in [2.05, 4.69) is 25.3 Å². The lowest BCUT2D eigenvalue weighted by atomic mass is 9.86. The first-order chi connectivity index (χ1) is 7.65. The summed E-state index contributed by atoms with van der Waals surface area (Å²) >= 11 is 0. The number of ketones is 1. The molecule has 0 amide bonds. The van der Waals surface area contributed by atoms with Crippen LogP contribution in [0, 0.1) is 0 Å². The third kappa shape index (κ3) is 2.94. The molecule has 0 bridgehead atoms. The molecule has 0 spiro atoms. The van der Waals surface area contributed by atoms with Gasteiger partial charge in [-0.3, -0.25) is 9.69 Å². The van der Waals surface area contributed by atoms with E-state index in [9.17, 15) is 4.79 Å². The minimum absolute atomic E-state index is 0.233. The third-order valence-corrected chi connectivity index (χ3v) is 3.92. The van der Waals surface area contributed by atoms with Crippen molar-refractivity contribution < 1.29 is 4.79 Å². The van der Waals surface area contributed by atoms with Crippen LogP contribution in [0.2, 0.25) is 0 Å². The normalized spacial score (nSPS) is 21.4. The van der Waals surface area contributed by atoms with Gasteiger partial charge in [-0.2, -0.15) is 0 Å². The standard InChI is InChI=1S/C14H25NO/c1-4-6-10-13(16)14(3,5-2)15-11-8-7-9-12-15/h4H,1,5-12H2,2-3H3. The van der Waals surface area contributed by atoms with Crippen LogP contribution < -0.4 is 0 Å². The van der Waals surface area contributed by atoms with E-state index in [1.54, 1.807) is 0 Å². The molecule has 2 heteroatoms. The van der Waals surface area contributed by atoms with Gasteiger partial charge in [0.1, 0.15) is 0 Å². The summed E-state index contributed by atoms with van der Waals surface area (Å²) in [4.78, 5) is 14.7. The van der Waals surface area contributed by atoms with Crippen LogP contribution in [0.15, 0.2) is 12.7 Å². The Labute approximate surface area is 99.7 Å². The molecule has 0 aliphatic carbocycles. The van der Waals surface area contributed by atoms with Gasteiger partial charge in [-0.1, -0.05) is 19.4 Å². The molecule has 0 saturated carbocycles. The number of carbonyl (C=O) groups excluding carboxylic acids is 1. The third-order valence-electron chi connectivity index (χ3n) is 3.92. The van der Waals surface area contributed by atoms with E-state index in [1.165, 1.54) is 19.3 Å². The van der Waals surface area contributed by atoms with Crippen molar-refractivity contribution in [2.45, 2.75) is 57.9 Å². The van der Waals surface area contributed by atoms with Crippen LogP contribution in [0.3, 0.4) is 0 Å². The number of hydrogen-bond acceptors (Lipinski definition) is 2. The van der Waals surface area contributed by atoms with Crippen LogP contribution in [0.1, 0.15) is 52.4 Å². The summed E-state index contributed by atoms with van der Waals surface area (Å²) < 4.78 is 0. The number of piperidine rings is 1. The lowest BCUT2D eigenvalue weighted by Gasteiger charge is -2.42. The van der Waals surface area contributed by atoms with Crippen molar-refractivity contribution in [2.24, 2.45) is 0 Å². The van der Waals surface area contributed by atoms with Crippen molar-refractivity contribution in [3.63, 3.8) is 0 Å². The van der Waals surface area contributed by atoms with Crippen molar-refractivity contribution in [2.75, 3.05) is 13.1 Å².